The third-order valence-corrected chi connectivity index (χ3v) is 5.62. The molecule has 2 aromatic rings. The van der Waals surface area contributed by atoms with Gasteiger partial charge in [0.1, 0.15) is 5.60 Å². The van der Waals surface area contributed by atoms with Crippen LogP contribution in [0.5, 0.6) is 0 Å². The van der Waals surface area contributed by atoms with Crippen LogP contribution in [-0.4, -0.2) is 26.4 Å². The van der Waals surface area contributed by atoms with Gasteiger partial charge in [-0.3, -0.25) is 4.79 Å². The molecule has 2 rings (SSSR count). The Hall–Kier alpha value is -1.21. The summed E-state index contributed by atoms with van der Waals surface area (Å²) in [5.74, 6) is -0.283. The van der Waals surface area contributed by atoms with Crippen molar-refractivity contribution in [2.24, 2.45) is 5.92 Å². The van der Waals surface area contributed by atoms with E-state index in [4.69, 9.17) is 27.4 Å². The first kappa shape index (κ1) is 21.1. The van der Waals surface area contributed by atoms with E-state index in [1.807, 2.05) is 13.8 Å². The fourth-order valence-corrected chi connectivity index (χ4v) is 3.97. The summed E-state index contributed by atoms with van der Waals surface area (Å²) in [5, 5.41) is 12.1. The lowest BCUT2D eigenvalue weighted by atomic mass is 9.95. The molecule has 0 aliphatic carbocycles. The lowest BCUT2D eigenvalue weighted by Gasteiger charge is -2.29. The lowest BCUT2D eigenvalue weighted by molar-refractivity contribution is -0.137. The molecule has 0 radical (unpaired) electrons. The first-order chi connectivity index (χ1) is 12.4. The summed E-state index contributed by atoms with van der Waals surface area (Å²) in [4.78, 5) is 16.1. The van der Waals surface area contributed by atoms with Crippen LogP contribution in [0.2, 0.25) is 10.0 Å². The largest absolute Gasteiger partial charge is 0.391 e. The Morgan fingerprint density at radius 2 is 2.12 bits per heavy atom. The Morgan fingerprint density at radius 3 is 2.69 bits per heavy atom. The molecule has 1 heterocycles. The predicted octanol–water partition coefficient (Wildman–Crippen LogP) is 4.71. The molecule has 0 bridgehead atoms. The average molecular weight is 417 g/mol. The van der Waals surface area contributed by atoms with Crippen LogP contribution in [0.4, 0.5) is 0 Å². The van der Waals surface area contributed by atoms with E-state index in [0.29, 0.717) is 15.6 Å². The molecular weight excluding hydrogens is 395 g/mol. The zero-order valence-corrected chi connectivity index (χ0v) is 17.0. The molecule has 1 aromatic carbocycles. The molecule has 1 unspecified atom stereocenters. The molecule has 0 spiro atoms. The summed E-state index contributed by atoms with van der Waals surface area (Å²) < 4.78 is 7.05. The second kappa shape index (κ2) is 9.65. The van der Waals surface area contributed by atoms with Gasteiger partial charge in [-0.2, -0.15) is 0 Å². The van der Waals surface area contributed by atoms with Gasteiger partial charge in [0.15, 0.2) is 0 Å². The van der Waals surface area contributed by atoms with Crippen molar-refractivity contribution in [3.63, 3.8) is 0 Å². The van der Waals surface area contributed by atoms with E-state index in [1.165, 1.54) is 0 Å². The highest BCUT2D eigenvalue weighted by Gasteiger charge is 2.33. The number of aromatic nitrogens is 2. The molecule has 0 aliphatic rings. The Labute approximate surface area is 167 Å². The van der Waals surface area contributed by atoms with E-state index in [2.05, 4.69) is 4.98 Å². The van der Waals surface area contributed by atoms with Crippen LogP contribution >= 0.6 is 35.2 Å². The molecule has 8 heteroatoms. The molecular formula is C18H22Cl2N2O3S. The van der Waals surface area contributed by atoms with E-state index in [9.17, 15) is 9.90 Å². The van der Waals surface area contributed by atoms with Gasteiger partial charge in [0.05, 0.1) is 36.6 Å². The van der Waals surface area contributed by atoms with Crippen LogP contribution in [-0.2, 0) is 21.1 Å². The Bertz CT molecular complexity index is 723. The second-order valence-corrected chi connectivity index (χ2v) is 7.60. The van der Waals surface area contributed by atoms with Crippen molar-refractivity contribution < 1.29 is 14.1 Å². The topological polar surface area (TPSA) is 64.3 Å². The summed E-state index contributed by atoms with van der Waals surface area (Å²) in [6.07, 6.45) is 6.42. The number of carbonyl (C=O) groups is 1. The van der Waals surface area contributed by atoms with Gasteiger partial charge in [-0.05, 0) is 25.0 Å². The fourth-order valence-electron chi connectivity index (χ4n) is 2.63. The molecule has 5 nitrogen and oxygen atoms in total. The first-order valence-electron chi connectivity index (χ1n) is 8.36. The van der Waals surface area contributed by atoms with Crippen LogP contribution in [0.25, 0.3) is 0 Å². The van der Waals surface area contributed by atoms with E-state index >= 15 is 0 Å². The standard InChI is InChI=1S/C18H22Cl2N2O3S/c1-3-13(4-2)17(23)25-26-11-18(24,10-22-8-7-21-12-22)15-6-5-14(19)9-16(15)20/h5-9,12-13,24H,3-4,10-11H2,1-2H3. The fraction of sp³-hybridized carbons (Fsp3) is 0.444. The molecule has 0 saturated heterocycles. The number of imidazole rings is 1. The third-order valence-electron chi connectivity index (χ3n) is 4.19. The minimum atomic E-state index is -1.36. The number of nitrogens with zero attached hydrogens (tertiary/aromatic N) is 2. The Balaban J connectivity index is 2.17. The van der Waals surface area contributed by atoms with Crippen LogP contribution in [0, 0.1) is 5.92 Å². The Morgan fingerprint density at radius 1 is 1.38 bits per heavy atom. The van der Waals surface area contributed by atoms with Gasteiger partial charge in [-0.15, -0.1) is 0 Å². The molecule has 0 fully saturated rings. The van der Waals surface area contributed by atoms with Crippen molar-refractivity contribution in [2.45, 2.75) is 38.8 Å². The van der Waals surface area contributed by atoms with Gasteiger partial charge in [0, 0.05) is 28.0 Å². The van der Waals surface area contributed by atoms with Gasteiger partial charge in [0.25, 0.3) is 0 Å². The summed E-state index contributed by atoms with van der Waals surface area (Å²) >= 11 is 13.2. The van der Waals surface area contributed by atoms with Gasteiger partial charge in [-0.25, -0.2) is 4.98 Å². The van der Waals surface area contributed by atoms with Gasteiger partial charge < -0.3 is 13.9 Å². The van der Waals surface area contributed by atoms with Crippen molar-refractivity contribution in [1.82, 2.24) is 9.55 Å². The van der Waals surface area contributed by atoms with E-state index in [-0.39, 0.29) is 24.2 Å². The van der Waals surface area contributed by atoms with E-state index in [1.54, 1.807) is 41.5 Å². The predicted molar refractivity (Wildman–Crippen MR) is 105 cm³/mol. The molecule has 142 valence electrons. The third kappa shape index (κ3) is 5.39. The number of hydrogen-bond acceptors (Lipinski definition) is 5. The summed E-state index contributed by atoms with van der Waals surface area (Å²) in [5.41, 5.74) is -0.843. The van der Waals surface area contributed by atoms with Gasteiger partial charge >= 0.3 is 5.97 Å². The highest BCUT2D eigenvalue weighted by Crippen LogP contribution is 2.35. The smallest absolute Gasteiger partial charge is 0.320 e. The number of aliphatic hydroxyl groups is 1. The minimum absolute atomic E-state index is 0.123. The molecule has 0 aliphatic heterocycles. The lowest BCUT2D eigenvalue weighted by Crippen LogP contribution is -2.34. The van der Waals surface area contributed by atoms with Crippen molar-refractivity contribution >= 4 is 41.2 Å². The highest BCUT2D eigenvalue weighted by molar-refractivity contribution is 7.95. The molecule has 26 heavy (non-hydrogen) atoms. The molecule has 0 amide bonds. The van der Waals surface area contributed by atoms with E-state index in [0.717, 1.165) is 24.9 Å². The number of rotatable bonds is 9. The number of benzene rings is 1. The zero-order valence-electron chi connectivity index (χ0n) is 14.7. The van der Waals surface area contributed by atoms with Crippen molar-refractivity contribution in [3.05, 3.63) is 52.5 Å². The van der Waals surface area contributed by atoms with Crippen molar-refractivity contribution in [2.75, 3.05) is 5.75 Å². The average Bonchev–Trinajstić information content (AvgIpc) is 3.08. The van der Waals surface area contributed by atoms with Gasteiger partial charge in [0.2, 0.25) is 0 Å². The van der Waals surface area contributed by atoms with Crippen molar-refractivity contribution in [1.29, 1.82) is 0 Å². The zero-order chi connectivity index (χ0) is 19.2. The Kier molecular flexibility index (Phi) is 7.83. The first-order valence-corrected chi connectivity index (χ1v) is 10.0. The quantitative estimate of drug-likeness (QED) is 0.599. The van der Waals surface area contributed by atoms with E-state index < -0.39 is 5.60 Å². The normalized spacial score (nSPS) is 13.6. The summed E-state index contributed by atoms with van der Waals surface area (Å²) in [6.45, 7) is 4.11. The number of halogens is 2. The molecule has 1 atom stereocenters. The molecule has 1 aromatic heterocycles. The van der Waals surface area contributed by atoms with Crippen LogP contribution in [0.15, 0.2) is 36.9 Å². The summed E-state index contributed by atoms with van der Waals surface area (Å²) in [6, 6.07) is 4.94. The monoisotopic (exact) mass is 416 g/mol. The summed E-state index contributed by atoms with van der Waals surface area (Å²) in [7, 11) is 0. The van der Waals surface area contributed by atoms with Crippen LogP contribution < -0.4 is 0 Å². The van der Waals surface area contributed by atoms with Gasteiger partial charge in [-0.1, -0.05) is 43.1 Å². The van der Waals surface area contributed by atoms with Crippen molar-refractivity contribution in [3.8, 4) is 0 Å². The maximum absolute atomic E-state index is 12.1. The maximum atomic E-state index is 12.1. The SMILES string of the molecule is CCC(CC)C(=O)OSCC(O)(Cn1ccnc1)c1ccc(Cl)cc1Cl. The molecule has 1 N–H and O–H groups in total. The number of hydrogen-bond donors (Lipinski definition) is 1. The molecule has 0 saturated carbocycles. The maximum Gasteiger partial charge on any atom is 0.320 e. The second-order valence-electron chi connectivity index (χ2n) is 6.07. The van der Waals surface area contributed by atoms with Crippen LogP contribution in [0.1, 0.15) is 32.3 Å². The highest BCUT2D eigenvalue weighted by atomic mass is 35.5. The van der Waals surface area contributed by atoms with Crippen LogP contribution in [0.3, 0.4) is 0 Å². The number of carbonyl (C=O) groups excluding carboxylic acids is 1. The minimum Gasteiger partial charge on any atom is -0.391 e.